The number of thioether (sulfide) groups is 1. The second-order valence-corrected chi connectivity index (χ2v) is 5.84. The molecule has 7 heteroatoms. The van der Waals surface area contributed by atoms with Crippen LogP contribution >= 0.6 is 24.0 Å². The van der Waals surface area contributed by atoms with Crippen LogP contribution in [0.15, 0.2) is 45.7 Å². The van der Waals surface area contributed by atoms with Crippen LogP contribution in [0.3, 0.4) is 0 Å². The topological polar surface area (TPSA) is 79.5 Å². The average Bonchev–Trinajstić information content (AvgIpc) is 3.02. The third kappa shape index (κ3) is 4.30. The van der Waals surface area contributed by atoms with Gasteiger partial charge in [0.2, 0.25) is 0 Å². The van der Waals surface area contributed by atoms with Crippen molar-refractivity contribution in [2.45, 2.75) is 0 Å². The number of likely N-dealkylation sites (N-methyl/N-ethyl adjacent to an activating group) is 1. The zero-order chi connectivity index (χ0) is 16.8. The fraction of sp³-hybridized carbons (Fsp3) is 0.0625. The zero-order valence-corrected chi connectivity index (χ0v) is 13.7. The van der Waals surface area contributed by atoms with Gasteiger partial charge >= 0.3 is 5.97 Å². The van der Waals surface area contributed by atoms with Crippen LogP contribution in [0.1, 0.15) is 16.1 Å². The van der Waals surface area contributed by atoms with Gasteiger partial charge in [-0.1, -0.05) is 36.1 Å². The van der Waals surface area contributed by atoms with E-state index in [9.17, 15) is 9.59 Å². The zero-order valence-electron chi connectivity index (χ0n) is 12.1. The number of benzene rings is 1. The van der Waals surface area contributed by atoms with E-state index in [1.165, 1.54) is 23.9 Å². The number of aromatic carboxylic acids is 1. The van der Waals surface area contributed by atoms with E-state index < -0.39 is 5.97 Å². The summed E-state index contributed by atoms with van der Waals surface area (Å²) in [5.41, 5.74) is 0.826. The van der Waals surface area contributed by atoms with Gasteiger partial charge in [-0.05, 0) is 24.3 Å². The molecule has 1 aromatic heterocycles. The van der Waals surface area contributed by atoms with Crippen LogP contribution in [0.5, 0.6) is 0 Å². The van der Waals surface area contributed by atoms with Gasteiger partial charge in [0.15, 0.2) is 0 Å². The Morgan fingerprint density at radius 3 is 2.74 bits per heavy atom. The standard InChI is InChI=1S/C16H13NO4S2/c1-17-15(18)14(23-9-22)8-12-5-6-13(21-12)10-3-2-4-11(7-10)16(19)20/h2-9H,1H3,(H,17,18)(H,19,20)/b14-8+. The Balaban J connectivity index is 2.33. The maximum absolute atomic E-state index is 11.7. The van der Waals surface area contributed by atoms with Gasteiger partial charge in [-0.2, -0.15) is 0 Å². The predicted molar refractivity (Wildman–Crippen MR) is 94.4 cm³/mol. The largest absolute Gasteiger partial charge is 0.478 e. The lowest BCUT2D eigenvalue weighted by molar-refractivity contribution is -0.116. The summed E-state index contributed by atoms with van der Waals surface area (Å²) in [7, 11) is 1.53. The summed E-state index contributed by atoms with van der Waals surface area (Å²) < 4.78 is 7.06. The molecule has 5 nitrogen and oxygen atoms in total. The molecule has 1 heterocycles. The van der Waals surface area contributed by atoms with Crippen molar-refractivity contribution in [2.75, 3.05) is 7.05 Å². The molecule has 1 amide bonds. The van der Waals surface area contributed by atoms with Crippen molar-refractivity contribution in [2.24, 2.45) is 0 Å². The van der Waals surface area contributed by atoms with Crippen molar-refractivity contribution in [3.05, 3.63) is 52.6 Å². The summed E-state index contributed by atoms with van der Waals surface area (Å²) in [6.07, 6.45) is 1.58. The van der Waals surface area contributed by atoms with Crippen molar-refractivity contribution < 1.29 is 19.1 Å². The van der Waals surface area contributed by atoms with Crippen molar-refractivity contribution in [1.29, 1.82) is 0 Å². The highest BCUT2D eigenvalue weighted by atomic mass is 32.2. The van der Waals surface area contributed by atoms with Crippen LogP contribution < -0.4 is 5.32 Å². The van der Waals surface area contributed by atoms with E-state index in [2.05, 4.69) is 5.32 Å². The molecular formula is C16H13NO4S2. The summed E-state index contributed by atoms with van der Waals surface area (Å²) in [4.78, 5) is 23.1. The molecule has 0 saturated carbocycles. The number of hydrogen-bond donors (Lipinski definition) is 2. The molecule has 2 aromatic rings. The van der Waals surface area contributed by atoms with Gasteiger partial charge in [0, 0.05) is 23.4 Å². The molecular weight excluding hydrogens is 334 g/mol. The van der Waals surface area contributed by atoms with Crippen molar-refractivity contribution in [1.82, 2.24) is 5.32 Å². The maximum Gasteiger partial charge on any atom is 0.335 e. The second kappa shape index (κ2) is 7.75. The molecule has 0 bridgehead atoms. The van der Waals surface area contributed by atoms with Crippen LogP contribution in [-0.2, 0) is 4.79 Å². The van der Waals surface area contributed by atoms with Crippen LogP contribution in [0.2, 0.25) is 0 Å². The fourth-order valence-corrected chi connectivity index (χ4v) is 2.66. The van der Waals surface area contributed by atoms with Crippen LogP contribution in [0.25, 0.3) is 17.4 Å². The molecule has 0 fully saturated rings. The first-order chi connectivity index (χ1) is 11.0. The highest BCUT2D eigenvalue weighted by Gasteiger charge is 2.11. The summed E-state index contributed by atoms with van der Waals surface area (Å²) in [5.74, 6) is -0.272. The first kappa shape index (κ1) is 17.0. The molecule has 0 aliphatic rings. The Morgan fingerprint density at radius 1 is 1.30 bits per heavy atom. The molecule has 0 aliphatic carbocycles. The molecule has 2 rings (SSSR count). The molecule has 23 heavy (non-hydrogen) atoms. The van der Waals surface area contributed by atoms with E-state index in [-0.39, 0.29) is 11.5 Å². The van der Waals surface area contributed by atoms with Crippen LogP contribution in [-0.4, -0.2) is 28.7 Å². The van der Waals surface area contributed by atoms with Gasteiger partial charge in [-0.3, -0.25) is 4.79 Å². The van der Waals surface area contributed by atoms with E-state index in [0.29, 0.717) is 22.0 Å². The minimum absolute atomic E-state index is 0.179. The monoisotopic (exact) mass is 347 g/mol. The Bertz CT molecular complexity index is 780. The number of hydrogen-bond acceptors (Lipinski definition) is 5. The number of thiocarbonyl (C=S) groups is 1. The highest BCUT2D eigenvalue weighted by molar-refractivity contribution is 8.24. The van der Waals surface area contributed by atoms with E-state index in [0.717, 1.165) is 11.8 Å². The molecule has 0 atom stereocenters. The molecule has 1 aromatic carbocycles. The molecule has 0 saturated heterocycles. The number of nitrogens with one attached hydrogen (secondary N) is 1. The molecule has 0 unspecified atom stereocenters. The Labute approximate surface area is 142 Å². The lowest BCUT2D eigenvalue weighted by atomic mass is 10.1. The van der Waals surface area contributed by atoms with Gasteiger partial charge < -0.3 is 14.8 Å². The number of carbonyl (C=O) groups excluding carboxylic acids is 1. The number of carboxylic acids is 1. The minimum Gasteiger partial charge on any atom is -0.478 e. The summed E-state index contributed by atoms with van der Waals surface area (Å²) in [5, 5.41) is 11.6. The fourth-order valence-electron chi connectivity index (χ4n) is 1.85. The second-order valence-electron chi connectivity index (χ2n) is 4.39. The molecule has 0 spiro atoms. The number of carboxylic acid groups (broad SMARTS) is 1. The number of amides is 1. The van der Waals surface area contributed by atoms with Crippen molar-refractivity contribution in [3.8, 4) is 11.3 Å². The third-order valence-electron chi connectivity index (χ3n) is 2.92. The Kier molecular flexibility index (Phi) is 5.72. The first-order valence-electron chi connectivity index (χ1n) is 6.53. The minimum atomic E-state index is -1.00. The van der Waals surface area contributed by atoms with E-state index in [1.807, 2.05) is 0 Å². The van der Waals surface area contributed by atoms with Gasteiger partial charge in [0.25, 0.3) is 5.91 Å². The summed E-state index contributed by atoms with van der Waals surface area (Å²) >= 11 is 5.88. The van der Waals surface area contributed by atoms with Crippen molar-refractivity contribution >= 4 is 46.6 Å². The first-order valence-corrected chi connectivity index (χ1v) is 7.88. The quantitative estimate of drug-likeness (QED) is 0.616. The third-order valence-corrected chi connectivity index (χ3v) is 3.86. The average molecular weight is 347 g/mol. The predicted octanol–water partition coefficient (Wildman–Crippen LogP) is 3.42. The number of furan rings is 1. The number of carbonyl (C=O) groups is 2. The van der Waals surface area contributed by atoms with Crippen LogP contribution in [0, 0.1) is 0 Å². The normalized spacial score (nSPS) is 11.1. The molecule has 118 valence electrons. The number of rotatable bonds is 6. The van der Waals surface area contributed by atoms with E-state index >= 15 is 0 Å². The SMILES string of the molecule is CNC(=O)/C(=C\c1ccc(-c2cccc(C(=O)O)c2)o1)SC=S. The summed E-state index contributed by atoms with van der Waals surface area (Å²) in [6.45, 7) is 0. The Morgan fingerprint density at radius 2 is 2.09 bits per heavy atom. The molecule has 0 radical (unpaired) electrons. The van der Waals surface area contributed by atoms with Crippen molar-refractivity contribution in [3.63, 3.8) is 0 Å². The highest BCUT2D eigenvalue weighted by Crippen LogP contribution is 2.26. The summed E-state index contributed by atoms with van der Waals surface area (Å²) in [6, 6.07) is 9.86. The molecule has 0 aliphatic heterocycles. The molecule has 2 N–H and O–H groups in total. The van der Waals surface area contributed by atoms with E-state index in [1.54, 1.807) is 30.3 Å². The van der Waals surface area contributed by atoms with Gasteiger partial charge in [0.05, 0.1) is 10.5 Å². The van der Waals surface area contributed by atoms with Gasteiger partial charge in [-0.15, -0.1) is 0 Å². The van der Waals surface area contributed by atoms with Crippen LogP contribution in [0.4, 0.5) is 0 Å². The lowest BCUT2D eigenvalue weighted by Gasteiger charge is -2.01. The lowest BCUT2D eigenvalue weighted by Crippen LogP contribution is -2.18. The Hall–Kier alpha value is -2.38. The maximum atomic E-state index is 11.7. The van der Waals surface area contributed by atoms with E-state index in [4.69, 9.17) is 21.7 Å². The van der Waals surface area contributed by atoms with Gasteiger partial charge in [-0.25, -0.2) is 4.79 Å². The smallest absolute Gasteiger partial charge is 0.335 e. The van der Waals surface area contributed by atoms with Gasteiger partial charge in [0.1, 0.15) is 11.5 Å².